The Labute approximate surface area is 107 Å². The predicted octanol–water partition coefficient (Wildman–Crippen LogP) is 1.79. The van der Waals surface area contributed by atoms with Gasteiger partial charge in [-0.15, -0.1) is 0 Å². The maximum atomic E-state index is 12.1. The number of anilines is 1. The smallest absolute Gasteiger partial charge is 0.422 e. The van der Waals surface area contributed by atoms with Gasteiger partial charge in [-0.25, -0.2) is 0 Å². The Kier molecular flexibility index (Phi) is 3.94. The molecule has 1 aromatic rings. The van der Waals surface area contributed by atoms with Crippen molar-refractivity contribution in [2.75, 3.05) is 25.0 Å². The molecule has 0 aliphatic carbocycles. The molecule has 2 rings (SSSR count). The zero-order valence-electron chi connectivity index (χ0n) is 9.96. The van der Waals surface area contributed by atoms with Crippen molar-refractivity contribution in [3.8, 4) is 5.75 Å². The van der Waals surface area contributed by atoms with Crippen LogP contribution in [0.3, 0.4) is 0 Å². The molecule has 2 N–H and O–H groups in total. The fourth-order valence-corrected chi connectivity index (χ4v) is 1.56. The van der Waals surface area contributed by atoms with Gasteiger partial charge in [0.25, 0.3) is 0 Å². The van der Waals surface area contributed by atoms with Crippen LogP contribution in [0.25, 0.3) is 0 Å². The number of amides is 1. The Bertz CT molecular complexity index is 459. The predicted molar refractivity (Wildman–Crippen MR) is 63.0 cm³/mol. The van der Waals surface area contributed by atoms with Crippen molar-refractivity contribution < 1.29 is 22.7 Å². The van der Waals surface area contributed by atoms with Crippen molar-refractivity contribution in [1.82, 2.24) is 5.32 Å². The van der Waals surface area contributed by atoms with Crippen LogP contribution < -0.4 is 15.4 Å². The van der Waals surface area contributed by atoms with Gasteiger partial charge >= 0.3 is 6.18 Å². The van der Waals surface area contributed by atoms with E-state index in [1.54, 1.807) is 12.1 Å². The fraction of sp³-hybridized carbons (Fsp3) is 0.417. The van der Waals surface area contributed by atoms with E-state index in [1.807, 2.05) is 0 Å². The van der Waals surface area contributed by atoms with Gasteiger partial charge in [0.15, 0.2) is 6.61 Å². The van der Waals surface area contributed by atoms with Crippen LogP contribution in [0.5, 0.6) is 5.75 Å². The van der Waals surface area contributed by atoms with E-state index in [2.05, 4.69) is 15.4 Å². The summed E-state index contributed by atoms with van der Waals surface area (Å²) in [5.74, 6) is -0.349. The van der Waals surface area contributed by atoms with Gasteiger partial charge < -0.3 is 15.4 Å². The number of alkyl halides is 3. The summed E-state index contributed by atoms with van der Waals surface area (Å²) in [5.41, 5.74) is 0.253. The molecule has 0 aromatic heterocycles. The number of carbonyl (C=O) groups is 1. The number of benzene rings is 1. The molecule has 1 aliphatic rings. The first kappa shape index (κ1) is 13.7. The van der Waals surface area contributed by atoms with Crippen LogP contribution in [0.15, 0.2) is 24.3 Å². The highest BCUT2D eigenvalue weighted by molar-refractivity contribution is 5.94. The maximum absolute atomic E-state index is 12.1. The molecular formula is C12H13F3N2O2. The van der Waals surface area contributed by atoms with E-state index >= 15 is 0 Å². The van der Waals surface area contributed by atoms with Crippen LogP contribution in [0, 0.1) is 5.92 Å². The normalized spacial score (nSPS) is 15.7. The second kappa shape index (κ2) is 5.48. The molecular weight excluding hydrogens is 261 g/mol. The van der Waals surface area contributed by atoms with Gasteiger partial charge in [-0.3, -0.25) is 4.79 Å². The molecule has 1 aromatic carbocycles. The number of ether oxygens (including phenoxy) is 1. The molecule has 0 radical (unpaired) electrons. The largest absolute Gasteiger partial charge is 0.482 e. The van der Waals surface area contributed by atoms with Crippen LogP contribution in [0.1, 0.15) is 0 Å². The maximum Gasteiger partial charge on any atom is 0.422 e. The van der Waals surface area contributed by atoms with E-state index in [0.29, 0.717) is 13.1 Å². The zero-order chi connectivity index (χ0) is 13.9. The van der Waals surface area contributed by atoms with E-state index in [-0.39, 0.29) is 23.3 Å². The van der Waals surface area contributed by atoms with Gasteiger partial charge in [0.05, 0.1) is 11.6 Å². The van der Waals surface area contributed by atoms with E-state index in [9.17, 15) is 18.0 Å². The average molecular weight is 274 g/mol. The highest BCUT2D eigenvalue weighted by Crippen LogP contribution is 2.26. The lowest BCUT2D eigenvalue weighted by Crippen LogP contribution is -2.48. The van der Waals surface area contributed by atoms with Gasteiger partial charge in [0.1, 0.15) is 5.75 Å². The Balaban J connectivity index is 2.01. The molecule has 0 bridgehead atoms. The lowest BCUT2D eigenvalue weighted by molar-refractivity contribution is -0.153. The summed E-state index contributed by atoms with van der Waals surface area (Å²) in [6.45, 7) is -0.223. The number of hydrogen-bond donors (Lipinski definition) is 2. The highest BCUT2D eigenvalue weighted by Gasteiger charge is 2.29. The summed E-state index contributed by atoms with van der Waals surface area (Å²) >= 11 is 0. The standard InChI is InChI=1S/C12H13F3N2O2/c13-12(14,15)7-19-10-4-2-1-3-9(10)17-11(18)8-5-16-6-8/h1-4,8,16H,5-7H2,(H,17,18). The van der Waals surface area contributed by atoms with Gasteiger partial charge in [0.2, 0.25) is 5.91 Å². The van der Waals surface area contributed by atoms with Crippen molar-refractivity contribution in [2.45, 2.75) is 6.18 Å². The van der Waals surface area contributed by atoms with Gasteiger partial charge in [-0.1, -0.05) is 12.1 Å². The van der Waals surface area contributed by atoms with Crippen molar-refractivity contribution in [2.24, 2.45) is 5.92 Å². The van der Waals surface area contributed by atoms with E-state index in [0.717, 1.165) is 0 Å². The van der Waals surface area contributed by atoms with Crippen LogP contribution >= 0.6 is 0 Å². The van der Waals surface area contributed by atoms with E-state index in [4.69, 9.17) is 0 Å². The Hall–Kier alpha value is -1.76. The topological polar surface area (TPSA) is 50.4 Å². The molecule has 0 saturated carbocycles. The summed E-state index contributed by atoms with van der Waals surface area (Å²) < 4.78 is 41.0. The lowest BCUT2D eigenvalue weighted by atomic mass is 10.0. The molecule has 104 valence electrons. The van der Waals surface area contributed by atoms with Crippen molar-refractivity contribution in [3.63, 3.8) is 0 Å². The summed E-state index contributed by atoms with van der Waals surface area (Å²) in [6, 6.07) is 6.07. The molecule has 4 nitrogen and oxygen atoms in total. The quantitative estimate of drug-likeness (QED) is 0.880. The van der Waals surface area contributed by atoms with Crippen molar-refractivity contribution >= 4 is 11.6 Å². The minimum absolute atomic E-state index is 0.0143. The third-order valence-corrected chi connectivity index (χ3v) is 2.69. The monoisotopic (exact) mass is 274 g/mol. The average Bonchev–Trinajstić information content (AvgIpc) is 2.24. The van der Waals surface area contributed by atoms with E-state index < -0.39 is 12.8 Å². The van der Waals surface area contributed by atoms with Crippen molar-refractivity contribution in [3.05, 3.63) is 24.3 Å². The number of hydrogen-bond acceptors (Lipinski definition) is 3. The number of para-hydroxylation sites is 2. The molecule has 1 amide bonds. The Morgan fingerprint density at radius 1 is 1.37 bits per heavy atom. The number of rotatable bonds is 4. The first-order chi connectivity index (χ1) is 8.96. The zero-order valence-corrected chi connectivity index (χ0v) is 9.96. The first-order valence-corrected chi connectivity index (χ1v) is 5.76. The summed E-state index contributed by atoms with van der Waals surface area (Å²) in [5, 5.41) is 5.52. The Morgan fingerprint density at radius 2 is 2.05 bits per heavy atom. The summed E-state index contributed by atoms with van der Waals surface area (Å²) in [7, 11) is 0. The highest BCUT2D eigenvalue weighted by atomic mass is 19.4. The van der Waals surface area contributed by atoms with Crippen LogP contribution in [0.2, 0.25) is 0 Å². The number of carbonyl (C=O) groups excluding carboxylic acids is 1. The number of halogens is 3. The summed E-state index contributed by atoms with van der Waals surface area (Å²) in [4.78, 5) is 11.7. The summed E-state index contributed by atoms with van der Waals surface area (Å²) in [6.07, 6.45) is -4.41. The SMILES string of the molecule is O=C(Nc1ccccc1OCC(F)(F)F)C1CNC1. The molecule has 1 aliphatic heterocycles. The third kappa shape index (κ3) is 3.85. The van der Waals surface area contributed by atoms with Gasteiger partial charge in [0, 0.05) is 13.1 Å². The molecule has 0 spiro atoms. The molecule has 1 heterocycles. The number of nitrogens with one attached hydrogen (secondary N) is 2. The molecule has 0 atom stereocenters. The Morgan fingerprint density at radius 3 is 2.63 bits per heavy atom. The van der Waals surface area contributed by atoms with Gasteiger partial charge in [-0.05, 0) is 12.1 Å². The molecule has 7 heteroatoms. The van der Waals surface area contributed by atoms with Crippen LogP contribution in [0.4, 0.5) is 18.9 Å². The molecule has 1 saturated heterocycles. The van der Waals surface area contributed by atoms with E-state index in [1.165, 1.54) is 12.1 Å². The first-order valence-electron chi connectivity index (χ1n) is 5.76. The van der Waals surface area contributed by atoms with Crippen molar-refractivity contribution in [1.29, 1.82) is 0 Å². The molecule has 19 heavy (non-hydrogen) atoms. The van der Waals surface area contributed by atoms with Gasteiger partial charge in [-0.2, -0.15) is 13.2 Å². The van der Waals surface area contributed by atoms with Crippen LogP contribution in [-0.2, 0) is 4.79 Å². The minimum atomic E-state index is -4.41. The second-order valence-electron chi connectivity index (χ2n) is 4.24. The third-order valence-electron chi connectivity index (χ3n) is 2.69. The second-order valence-corrected chi connectivity index (χ2v) is 4.24. The minimum Gasteiger partial charge on any atom is -0.482 e. The molecule has 0 unspecified atom stereocenters. The fourth-order valence-electron chi connectivity index (χ4n) is 1.56. The van der Waals surface area contributed by atoms with Crippen LogP contribution in [-0.4, -0.2) is 31.8 Å². The lowest BCUT2D eigenvalue weighted by Gasteiger charge is -2.26. The molecule has 1 fully saturated rings.